The number of hydrogen-bond donors (Lipinski definition) is 3. The number of aliphatic hydroxyl groups is 1. The van der Waals surface area contributed by atoms with E-state index in [1.165, 1.54) is 0 Å². The van der Waals surface area contributed by atoms with Gasteiger partial charge in [-0.15, -0.1) is 0 Å². The average Bonchev–Trinajstić information content (AvgIpc) is 1.91. The Hall–Kier alpha value is -0.610. The average molecular weight is 135 g/mol. The molecule has 0 aromatic rings. The lowest BCUT2D eigenvalue weighted by atomic mass is 10.3. The van der Waals surface area contributed by atoms with Gasteiger partial charge < -0.3 is 15.9 Å². The maximum Gasteiger partial charge on any atom is 0.322 e. The number of carboxylic acid groups (broad SMARTS) is 1. The van der Waals surface area contributed by atoms with Crippen LogP contribution in [0.3, 0.4) is 0 Å². The van der Waals surface area contributed by atoms with Crippen molar-refractivity contribution in [3.05, 3.63) is 0 Å². The molecule has 0 amide bonds. The summed E-state index contributed by atoms with van der Waals surface area (Å²) in [7, 11) is 0. The highest BCUT2D eigenvalue weighted by Crippen LogP contribution is 1.71. The van der Waals surface area contributed by atoms with Crippen LogP contribution in [0.4, 0.5) is 0 Å². The van der Waals surface area contributed by atoms with Gasteiger partial charge in [-0.3, -0.25) is 4.79 Å². The first-order valence-corrected chi connectivity index (χ1v) is 2.77. The van der Waals surface area contributed by atoms with Gasteiger partial charge >= 0.3 is 5.97 Å². The third-order valence-corrected chi connectivity index (χ3v) is 0.514. The molecule has 0 radical (unpaired) electrons. The Morgan fingerprint density at radius 3 is 2.00 bits per heavy atom. The van der Waals surface area contributed by atoms with Crippen LogP contribution in [0.25, 0.3) is 0 Å². The second-order valence-corrected chi connectivity index (χ2v) is 1.13. The standard InChI is InChI=1S/C3H7NO3.C2H6/c4-2(1-5)3(6)7;1-2/h2,5H,1,4H2,(H,6,7);1-2H3. The zero-order valence-corrected chi connectivity index (χ0v) is 5.66. The topological polar surface area (TPSA) is 83.5 Å². The molecule has 0 aliphatic rings. The van der Waals surface area contributed by atoms with Crippen molar-refractivity contribution in [2.45, 2.75) is 19.9 Å². The largest absolute Gasteiger partial charge is 0.480 e. The van der Waals surface area contributed by atoms with Gasteiger partial charge in [-0.05, 0) is 0 Å². The van der Waals surface area contributed by atoms with Gasteiger partial charge in [0.2, 0.25) is 0 Å². The number of nitrogens with two attached hydrogens (primary N) is 1. The quantitative estimate of drug-likeness (QED) is 0.473. The number of aliphatic carboxylic acids is 1. The third-order valence-electron chi connectivity index (χ3n) is 0.514. The fourth-order valence-corrected chi connectivity index (χ4v) is 0.0781. The van der Waals surface area contributed by atoms with Crippen LogP contribution in [0.1, 0.15) is 13.8 Å². The van der Waals surface area contributed by atoms with Crippen LogP contribution in [-0.4, -0.2) is 28.8 Å². The summed E-state index contributed by atoms with van der Waals surface area (Å²) in [4.78, 5) is 9.65. The maximum absolute atomic E-state index is 9.65. The van der Waals surface area contributed by atoms with Gasteiger partial charge in [0.15, 0.2) is 0 Å². The minimum Gasteiger partial charge on any atom is -0.480 e. The fourth-order valence-electron chi connectivity index (χ4n) is 0.0781. The van der Waals surface area contributed by atoms with Crippen LogP contribution >= 0.6 is 0 Å². The molecule has 9 heavy (non-hydrogen) atoms. The van der Waals surface area contributed by atoms with E-state index in [-0.39, 0.29) is 0 Å². The zero-order valence-electron chi connectivity index (χ0n) is 5.66. The molecule has 1 atom stereocenters. The lowest BCUT2D eigenvalue weighted by Crippen LogP contribution is -2.33. The van der Waals surface area contributed by atoms with Crippen LogP contribution in [0.2, 0.25) is 0 Å². The molecule has 0 saturated carbocycles. The molecule has 1 unspecified atom stereocenters. The monoisotopic (exact) mass is 135 g/mol. The molecule has 0 aliphatic heterocycles. The molecule has 0 fully saturated rings. The Morgan fingerprint density at radius 2 is 2.00 bits per heavy atom. The van der Waals surface area contributed by atoms with Gasteiger partial charge in [0, 0.05) is 0 Å². The van der Waals surface area contributed by atoms with Crippen molar-refractivity contribution in [3.8, 4) is 0 Å². The third kappa shape index (κ3) is 7.39. The Labute approximate surface area is 54.3 Å². The highest BCUT2D eigenvalue weighted by atomic mass is 16.4. The zero-order chi connectivity index (χ0) is 7.86. The Balaban J connectivity index is 0. The molecule has 0 saturated heterocycles. The van der Waals surface area contributed by atoms with Crippen molar-refractivity contribution in [2.24, 2.45) is 5.73 Å². The Bertz CT molecular complexity index is 74.6. The molecule has 0 rings (SSSR count). The summed E-state index contributed by atoms with van der Waals surface area (Å²) in [6.45, 7) is 3.50. The molecular weight excluding hydrogens is 122 g/mol. The van der Waals surface area contributed by atoms with Crippen molar-refractivity contribution >= 4 is 5.97 Å². The van der Waals surface area contributed by atoms with Gasteiger partial charge in [0.1, 0.15) is 6.04 Å². The smallest absolute Gasteiger partial charge is 0.322 e. The summed E-state index contributed by atoms with van der Waals surface area (Å²) in [6, 6.07) is -1.13. The van der Waals surface area contributed by atoms with E-state index in [4.69, 9.17) is 15.9 Å². The molecule has 4 nitrogen and oxygen atoms in total. The molecule has 0 spiro atoms. The molecule has 4 heteroatoms. The van der Waals surface area contributed by atoms with E-state index in [2.05, 4.69) is 0 Å². The van der Waals surface area contributed by atoms with Crippen molar-refractivity contribution in [2.75, 3.05) is 6.61 Å². The van der Waals surface area contributed by atoms with Crippen molar-refractivity contribution in [3.63, 3.8) is 0 Å². The highest BCUT2D eigenvalue weighted by Gasteiger charge is 2.06. The first-order chi connectivity index (χ1) is 4.18. The number of rotatable bonds is 2. The molecule has 0 heterocycles. The maximum atomic E-state index is 9.65. The number of aliphatic hydroxyl groups excluding tert-OH is 1. The minimum absolute atomic E-state index is 0.505. The van der Waals surface area contributed by atoms with E-state index in [9.17, 15) is 4.79 Å². The second-order valence-electron chi connectivity index (χ2n) is 1.13. The first-order valence-electron chi connectivity index (χ1n) is 2.77. The highest BCUT2D eigenvalue weighted by molar-refractivity contribution is 5.73. The Morgan fingerprint density at radius 1 is 1.67 bits per heavy atom. The van der Waals surface area contributed by atoms with E-state index in [0.717, 1.165) is 0 Å². The fraction of sp³-hybridized carbons (Fsp3) is 0.800. The van der Waals surface area contributed by atoms with Gasteiger partial charge in [-0.2, -0.15) is 0 Å². The van der Waals surface area contributed by atoms with E-state index in [1.54, 1.807) is 0 Å². The molecule has 0 bridgehead atoms. The van der Waals surface area contributed by atoms with Crippen molar-refractivity contribution < 1.29 is 15.0 Å². The Kier molecular flexibility index (Phi) is 9.21. The normalized spacial score (nSPS) is 11.1. The van der Waals surface area contributed by atoms with E-state index in [0.29, 0.717) is 0 Å². The number of carbonyl (C=O) groups is 1. The van der Waals surface area contributed by atoms with E-state index in [1.807, 2.05) is 13.8 Å². The lowest BCUT2D eigenvalue weighted by Gasteiger charge is -1.96. The van der Waals surface area contributed by atoms with Crippen molar-refractivity contribution in [1.29, 1.82) is 0 Å². The molecule has 56 valence electrons. The van der Waals surface area contributed by atoms with Crippen LogP contribution in [0.15, 0.2) is 0 Å². The second kappa shape index (κ2) is 7.39. The number of hydrogen-bond acceptors (Lipinski definition) is 3. The molecule has 0 aromatic carbocycles. The van der Waals surface area contributed by atoms with Gasteiger partial charge in [0.05, 0.1) is 6.61 Å². The van der Waals surface area contributed by atoms with Gasteiger partial charge in [-0.1, -0.05) is 13.8 Å². The van der Waals surface area contributed by atoms with E-state index >= 15 is 0 Å². The molecule has 4 N–H and O–H groups in total. The number of carboxylic acids is 1. The molecular formula is C5H13NO3. The summed E-state index contributed by atoms with van der Waals surface area (Å²) in [5.74, 6) is -1.18. The van der Waals surface area contributed by atoms with Crippen LogP contribution in [0, 0.1) is 0 Å². The van der Waals surface area contributed by atoms with Crippen LogP contribution < -0.4 is 5.73 Å². The first kappa shape index (κ1) is 11.2. The molecule has 0 aliphatic carbocycles. The summed E-state index contributed by atoms with van der Waals surface area (Å²) < 4.78 is 0. The van der Waals surface area contributed by atoms with Crippen LogP contribution in [0.5, 0.6) is 0 Å². The van der Waals surface area contributed by atoms with Gasteiger partial charge in [0.25, 0.3) is 0 Å². The predicted octanol–water partition coefficient (Wildman–Crippen LogP) is -0.583. The summed E-state index contributed by atoms with van der Waals surface area (Å²) in [5.41, 5.74) is 4.77. The SMILES string of the molecule is CC.NC(CO)C(=O)O. The lowest BCUT2D eigenvalue weighted by molar-refractivity contribution is -0.139. The van der Waals surface area contributed by atoms with Crippen LogP contribution in [-0.2, 0) is 4.79 Å². The minimum atomic E-state index is -1.18. The molecule has 0 aromatic heterocycles. The predicted molar refractivity (Wildman–Crippen MR) is 34.0 cm³/mol. The van der Waals surface area contributed by atoms with E-state index < -0.39 is 18.6 Å². The summed E-state index contributed by atoms with van der Waals surface area (Å²) >= 11 is 0. The van der Waals surface area contributed by atoms with Crippen molar-refractivity contribution in [1.82, 2.24) is 0 Å². The summed E-state index contributed by atoms with van der Waals surface area (Å²) in [5, 5.41) is 15.9. The summed E-state index contributed by atoms with van der Waals surface area (Å²) in [6.07, 6.45) is 0. The van der Waals surface area contributed by atoms with Gasteiger partial charge in [-0.25, -0.2) is 0 Å².